The predicted molar refractivity (Wildman–Crippen MR) is 78.2 cm³/mol. The SMILES string of the molecule is CCCCCCCCC(C(=O)O)C(=O)C(CC)CC. The Bertz CT molecular complexity index is 257. The number of carbonyl (C=O) groups excluding carboxylic acids is 1. The number of hydrogen-bond donors (Lipinski definition) is 1. The van der Waals surface area contributed by atoms with Gasteiger partial charge >= 0.3 is 5.97 Å². The van der Waals surface area contributed by atoms with Crippen molar-refractivity contribution in [3.63, 3.8) is 0 Å². The number of Topliss-reactive ketones (excluding diaryl/α,β-unsaturated/α-hetero) is 1. The molecule has 0 aliphatic rings. The number of hydrogen-bond acceptors (Lipinski definition) is 2. The summed E-state index contributed by atoms with van der Waals surface area (Å²) in [6.45, 7) is 6.08. The molecule has 0 aromatic heterocycles. The van der Waals surface area contributed by atoms with Crippen molar-refractivity contribution in [3.05, 3.63) is 0 Å². The summed E-state index contributed by atoms with van der Waals surface area (Å²) in [4.78, 5) is 23.4. The van der Waals surface area contributed by atoms with Gasteiger partial charge in [0.25, 0.3) is 0 Å². The van der Waals surface area contributed by atoms with Crippen LogP contribution in [0.4, 0.5) is 0 Å². The number of rotatable bonds is 12. The van der Waals surface area contributed by atoms with Gasteiger partial charge in [-0.25, -0.2) is 0 Å². The van der Waals surface area contributed by atoms with Crippen LogP contribution in [-0.2, 0) is 9.59 Å². The number of ketones is 1. The molecule has 1 N–H and O–H groups in total. The molecule has 1 unspecified atom stereocenters. The van der Waals surface area contributed by atoms with Crippen molar-refractivity contribution < 1.29 is 14.7 Å². The van der Waals surface area contributed by atoms with E-state index in [2.05, 4.69) is 6.92 Å². The van der Waals surface area contributed by atoms with Crippen molar-refractivity contribution in [1.82, 2.24) is 0 Å². The number of carbonyl (C=O) groups is 2. The van der Waals surface area contributed by atoms with Crippen LogP contribution in [0, 0.1) is 11.8 Å². The molecule has 112 valence electrons. The maximum atomic E-state index is 12.1. The van der Waals surface area contributed by atoms with Crippen molar-refractivity contribution in [2.75, 3.05) is 0 Å². The minimum absolute atomic E-state index is 0.0638. The lowest BCUT2D eigenvalue weighted by atomic mass is 9.86. The van der Waals surface area contributed by atoms with Gasteiger partial charge in [-0.15, -0.1) is 0 Å². The van der Waals surface area contributed by atoms with Crippen molar-refractivity contribution in [2.45, 2.75) is 78.6 Å². The van der Waals surface area contributed by atoms with Gasteiger partial charge in [0.05, 0.1) is 0 Å². The molecule has 0 spiro atoms. The van der Waals surface area contributed by atoms with E-state index in [1.807, 2.05) is 13.8 Å². The Labute approximate surface area is 117 Å². The Morgan fingerprint density at radius 2 is 1.42 bits per heavy atom. The standard InChI is InChI=1S/C16H30O3/c1-4-7-8-9-10-11-12-14(16(18)19)15(17)13(5-2)6-3/h13-14H,4-12H2,1-3H3,(H,18,19). The lowest BCUT2D eigenvalue weighted by Crippen LogP contribution is -2.29. The third-order valence-electron chi connectivity index (χ3n) is 3.88. The largest absolute Gasteiger partial charge is 0.481 e. The fourth-order valence-electron chi connectivity index (χ4n) is 2.49. The van der Waals surface area contributed by atoms with Crippen LogP contribution in [0.3, 0.4) is 0 Å². The van der Waals surface area contributed by atoms with Crippen LogP contribution in [-0.4, -0.2) is 16.9 Å². The van der Waals surface area contributed by atoms with Crippen molar-refractivity contribution in [3.8, 4) is 0 Å². The van der Waals surface area contributed by atoms with Crippen molar-refractivity contribution >= 4 is 11.8 Å². The second kappa shape index (κ2) is 11.0. The maximum Gasteiger partial charge on any atom is 0.314 e. The molecule has 0 radical (unpaired) electrons. The highest BCUT2D eigenvalue weighted by molar-refractivity contribution is 5.99. The summed E-state index contributed by atoms with van der Waals surface area (Å²) >= 11 is 0. The second-order valence-electron chi connectivity index (χ2n) is 5.36. The summed E-state index contributed by atoms with van der Waals surface area (Å²) in [7, 11) is 0. The molecule has 0 saturated heterocycles. The van der Waals surface area contributed by atoms with Crippen molar-refractivity contribution in [1.29, 1.82) is 0 Å². The quantitative estimate of drug-likeness (QED) is 0.421. The topological polar surface area (TPSA) is 54.4 Å². The molecule has 0 rings (SSSR count). The van der Waals surface area contributed by atoms with Crippen LogP contribution in [0.1, 0.15) is 78.6 Å². The highest BCUT2D eigenvalue weighted by Gasteiger charge is 2.29. The molecule has 0 heterocycles. The molecule has 0 saturated carbocycles. The molecule has 0 bridgehead atoms. The van der Waals surface area contributed by atoms with E-state index >= 15 is 0 Å². The molecule has 1 atom stereocenters. The molecule has 0 aromatic carbocycles. The average Bonchev–Trinajstić information content (AvgIpc) is 2.38. The van der Waals surface area contributed by atoms with E-state index in [1.165, 1.54) is 19.3 Å². The Morgan fingerprint density at radius 1 is 0.895 bits per heavy atom. The van der Waals surface area contributed by atoms with E-state index in [0.29, 0.717) is 6.42 Å². The average molecular weight is 270 g/mol. The summed E-state index contributed by atoms with van der Waals surface area (Å²) < 4.78 is 0. The Balaban J connectivity index is 4.12. The van der Waals surface area contributed by atoms with E-state index in [9.17, 15) is 14.7 Å². The van der Waals surface area contributed by atoms with Crippen molar-refractivity contribution in [2.24, 2.45) is 11.8 Å². The molecule has 0 fully saturated rings. The number of unbranched alkanes of at least 4 members (excludes halogenated alkanes) is 5. The second-order valence-corrected chi connectivity index (χ2v) is 5.36. The zero-order chi connectivity index (χ0) is 14.7. The molecule has 3 heteroatoms. The normalized spacial score (nSPS) is 12.6. The van der Waals surface area contributed by atoms with E-state index < -0.39 is 11.9 Å². The third-order valence-corrected chi connectivity index (χ3v) is 3.88. The summed E-state index contributed by atoms with van der Waals surface area (Å²) in [6.07, 6.45) is 8.72. The molecule has 0 aliphatic carbocycles. The molecular weight excluding hydrogens is 240 g/mol. The molecule has 19 heavy (non-hydrogen) atoms. The molecule has 0 amide bonds. The van der Waals surface area contributed by atoms with E-state index in [1.54, 1.807) is 0 Å². The lowest BCUT2D eigenvalue weighted by molar-refractivity contribution is -0.148. The van der Waals surface area contributed by atoms with Crippen LogP contribution >= 0.6 is 0 Å². The predicted octanol–water partition coefficient (Wildman–Crippen LogP) is 4.44. The first-order chi connectivity index (χ1) is 9.08. The highest BCUT2D eigenvalue weighted by atomic mass is 16.4. The Morgan fingerprint density at radius 3 is 1.89 bits per heavy atom. The maximum absolute atomic E-state index is 12.1. The summed E-state index contributed by atoms with van der Waals surface area (Å²) in [5.74, 6) is -1.87. The van der Waals surface area contributed by atoms with Gasteiger partial charge in [0.2, 0.25) is 0 Å². The summed E-state index contributed by atoms with van der Waals surface area (Å²) in [5.41, 5.74) is 0. The van der Waals surface area contributed by atoms with Gasteiger partial charge in [-0.3, -0.25) is 9.59 Å². The van der Waals surface area contributed by atoms with Gasteiger partial charge in [-0.2, -0.15) is 0 Å². The van der Waals surface area contributed by atoms with Gasteiger partial charge in [-0.1, -0.05) is 59.3 Å². The highest BCUT2D eigenvalue weighted by Crippen LogP contribution is 2.20. The van der Waals surface area contributed by atoms with Crippen LogP contribution in [0.5, 0.6) is 0 Å². The van der Waals surface area contributed by atoms with Crippen LogP contribution in [0.2, 0.25) is 0 Å². The van der Waals surface area contributed by atoms with Gasteiger partial charge in [0, 0.05) is 5.92 Å². The monoisotopic (exact) mass is 270 g/mol. The van der Waals surface area contributed by atoms with E-state index in [0.717, 1.165) is 32.1 Å². The first-order valence-corrected chi connectivity index (χ1v) is 7.84. The van der Waals surface area contributed by atoms with Gasteiger partial charge in [0.1, 0.15) is 11.7 Å². The first-order valence-electron chi connectivity index (χ1n) is 7.84. The Hall–Kier alpha value is -0.860. The first kappa shape index (κ1) is 18.1. The number of carboxylic acids is 1. The fraction of sp³-hybridized carbons (Fsp3) is 0.875. The van der Waals surface area contributed by atoms with Crippen LogP contribution in [0.25, 0.3) is 0 Å². The third kappa shape index (κ3) is 7.34. The zero-order valence-corrected chi connectivity index (χ0v) is 12.8. The van der Waals surface area contributed by atoms with Crippen LogP contribution < -0.4 is 0 Å². The summed E-state index contributed by atoms with van der Waals surface area (Å²) in [6, 6.07) is 0. The van der Waals surface area contributed by atoms with Gasteiger partial charge in [-0.05, 0) is 19.3 Å². The molecule has 3 nitrogen and oxygen atoms in total. The number of carboxylic acid groups (broad SMARTS) is 1. The minimum atomic E-state index is -0.939. The van der Waals surface area contributed by atoms with E-state index in [4.69, 9.17) is 0 Å². The van der Waals surface area contributed by atoms with E-state index in [-0.39, 0.29) is 11.7 Å². The summed E-state index contributed by atoms with van der Waals surface area (Å²) in [5, 5.41) is 9.20. The van der Waals surface area contributed by atoms with Gasteiger partial charge < -0.3 is 5.11 Å². The molecule has 0 aliphatic heterocycles. The number of aliphatic carboxylic acids is 1. The zero-order valence-electron chi connectivity index (χ0n) is 12.8. The lowest BCUT2D eigenvalue weighted by Gasteiger charge is -2.17. The minimum Gasteiger partial charge on any atom is -0.481 e. The van der Waals surface area contributed by atoms with Gasteiger partial charge in [0.15, 0.2) is 0 Å². The Kier molecular flexibility index (Phi) is 10.5. The molecular formula is C16H30O3. The molecule has 0 aromatic rings. The fourth-order valence-corrected chi connectivity index (χ4v) is 2.49. The van der Waals surface area contributed by atoms with Crippen LogP contribution in [0.15, 0.2) is 0 Å². The smallest absolute Gasteiger partial charge is 0.314 e.